The Morgan fingerprint density at radius 1 is 0.778 bits per heavy atom. The van der Waals surface area contributed by atoms with E-state index in [4.69, 9.17) is 16.3 Å². The predicted molar refractivity (Wildman–Crippen MR) is 139 cm³/mol. The summed E-state index contributed by atoms with van der Waals surface area (Å²) in [6.07, 6.45) is -0.750. The van der Waals surface area contributed by atoms with Crippen LogP contribution in [0.3, 0.4) is 0 Å². The molecule has 4 rings (SSSR count). The third kappa shape index (κ3) is 6.37. The first-order valence-electron chi connectivity index (χ1n) is 11.2. The number of hydrogen-bond donors (Lipinski definition) is 2. The molecule has 4 aromatic rings. The fraction of sp³-hybridized carbons (Fsp3) is 0.0690. The van der Waals surface area contributed by atoms with Gasteiger partial charge in [-0.3, -0.25) is 9.59 Å². The number of anilines is 1. The number of rotatable bonds is 8. The molecular formula is C29H23ClN2O4. The first-order chi connectivity index (χ1) is 17.5. The van der Waals surface area contributed by atoms with Crippen LogP contribution in [0.1, 0.15) is 33.1 Å². The van der Waals surface area contributed by atoms with Gasteiger partial charge >= 0.3 is 6.09 Å². The van der Waals surface area contributed by atoms with Crippen molar-refractivity contribution < 1.29 is 19.1 Å². The van der Waals surface area contributed by atoms with E-state index in [-0.39, 0.29) is 23.6 Å². The first kappa shape index (κ1) is 24.7. The Balaban J connectivity index is 1.55. The minimum atomic E-state index is -1.06. The number of nitrogens with one attached hydrogen (secondary N) is 2. The minimum absolute atomic E-state index is 0.0582. The monoisotopic (exact) mass is 498 g/mol. The number of ether oxygens (including phenoxy) is 1. The number of alkyl carbamates (subject to hydrolysis) is 1. The van der Waals surface area contributed by atoms with Gasteiger partial charge in [0.15, 0.2) is 5.78 Å². The van der Waals surface area contributed by atoms with Crippen molar-refractivity contribution in [2.75, 3.05) is 5.32 Å². The summed E-state index contributed by atoms with van der Waals surface area (Å²) in [6, 6.07) is 30.3. The third-order valence-corrected chi connectivity index (χ3v) is 5.63. The maximum Gasteiger partial charge on any atom is 0.408 e. The lowest BCUT2D eigenvalue weighted by atomic mass is 10.0. The van der Waals surface area contributed by atoms with Crippen molar-refractivity contribution in [2.24, 2.45) is 0 Å². The van der Waals surface area contributed by atoms with Gasteiger partial charge in [-0.25, -0.2) is 4.79 Å². The molecule has 0 saturated heterocycles. The van der Waals surface area contributed by atoms with E-state index in [2.05, 4.69) is 10.6 Å². The van der Waals surface area contributed by atoms with Crippen LogP contribution in [-0.4, -0.2) is 17.8 Å². The van der Waals surface area contributed by atoms with E-state index >= 15 is 0 Å². The van der Waals surface area contributed by atoms with Crippen LogP contribution in [0.15, 0.2) is 109 Å². The molecule has 0 heterocycles. The summed E-state index contributed by atoms with van der Waals surface area (Å²) in [4.78, 5) is 39.1. The average molecular weight is 499 g/mol. The molecule has 0 fully saturated rings. The number of ketones is 1. The Hall–Kier alpha value is -4.42. The average Bonchev–Trinajstić information content (AvgIpc) is 2.92. The molecule has 1 unspecified atom stereocenters. The highest BCUT2D eigenvalue weighted by atomic mass is 35.5. The van der Waals surface area contributed by atoms with Crippen LogP contribution in [0.25, 0.3) is 0 Å². The lowest BCUT2D eigenvalue weighted by molar-refractivity contribution is -0.118. The second-order valence-electron chi connectivity index (χ2n) is 7.92. The maximum atomic E-state index is 13.4. The summed E-state index contributed by atoms with van der Waals surface area (Å²) >= 11 is 6.16. The predicted octanol–water partition coefficient (Wildman–Crippen LogP) is 6.18. The van der Waals surface area contributed by atoms with Crippen LogP contribution >= 0.6 is 11.6 Å². The molecule has 0 aliphatic heterocycles. The van der Waals surface area contributed by atoms with Gasteiger partial charge in [-0.1, -0.05) is 103 Å². The van der Waals surface area contributed by atoms with Gasteiger partial charge in [0.1, 0.15) is 12.6 Å². The molecule has 0 aliphatic carbocycles. The molecule has 2 N–H and O–H groups in total. The standard InChI is InChI=1S/C29H23ClN2O4/c30-23-16-17-25(24(18-23)27(33)22-14-8-3-9-15-22)31-28(34)26(21-12-6-2-7-13-21)32-29(35)36-19-20-10-4-1-5-11-20/h1-18,26H,19H2,(H,31,34)(H,32,35). The Kier molecular flexibility index (Phi) is 8.11. The first-order valence-corrected chi connectivity index (χ1v) is 11.6. The van der Waals surface area contributed by atoms with Crippen LogP contribution in [0.5, 0.6) is 0 Å². The van der Waals surface area contributed by atoms with Crippen molar-refractivity contribution in [1.82, 2.24) is 5.32 Å². The molecule has 0 bridgehead atoms. The molecule has 36 heavy (non-hydrogen) atoms. The number of carbonyl (C=O) groups excluding carboxylic acids is 3. The summed E-state index contributed by atoms with van der Waals surface area (Å²) in [5.41, 5.74) is 2.34. The highest BCUT2D eigenvalue weighted by Gasteiger charge is 2.25. The van der Waals surface area contributed by atoms with Gasteiger partial charge in [-0.15, -0.1) is 0 Å². The van der Waals surface area contributed by atoms with E-state index in [1.165, 1.54) is 6.07 Å². The van der Waals surface area contributed by atoms with Crippen molar-refractivity contribution in [3.05, 3.63) is 136 Å². The van der Waals surface area contributed by atoms with Crippen LogP contribution < -0.4 is 10.6 Å². The zero-order valence-electron chi connectivity index (χ0n) is 19.2. The molecule has 0 radical (unpaired) electrons. The van der Waals surface area contributed by atoms with E-state index in [0.29, 0.717) is 16.1 Å². The number of amides is 2. The summed E-state index contributed by atoms with van der Waals surface area (Å²) in [5.74, 6) is -0.831. The minimum Gasteiger partial charge on any atom is -0.445 e. The smallest absolute Gasteiger partial charge is 0.408 e. The molecule has 2 amide bonds. The number of carbonyl (C=O) groups is 3. The second-order valence-corrected chi connectivity index (χ2v) is 8.36. The molecule has 180 valence electrons. The van der Waals surface area contributed by atoms with Gasteiger partial charge in [0.2, 0.25) is 0 Å². The van der Waals surface area contributed by atoms with Crippen LogP contribution in [0, 0.1) is 0 Å². The van der Waals surface area contributed by atoms with Gasteiger partial charge in [0, 0.05) is 16.1 Å². The fourth-order valence-corrected chi connectivity index (χ4v) is 3.76. The van der Waals surface area contributed by atoms with Gasteiger partial charge in [0.05, 0.1) is 5.69 Å². The van der Waals surface area contributed by atoms with E-state index in [9.17, 15) is 14.4 Å². The number of benzene rings is 4. The van der Waals surface area contributed by atoms with Crippen molar-refractivity contribution in [2.45, 2.75) is 12.6 Å². The van der Waals surface area contributed by atoms with Crippen molar-refractivity contribution in [3.63, 3.8) is 0 Å². The van der Waals surface area contributed by atoms with Gasteiger partial charge in [-0.2, -0.15) is 0 Å². The Morgan fingerprint density at radius 3 is 2.06 bits per heavy atom. The molecule has 1 atom stereocenters. The largest absolute Gasteiger partial charge is 0.445 e. The quantitative estimate of drug-likeness (QED) is 0.284. The highest BCUT2D eigenvalue weighted by Crippen LogP contribution is 2.25. The Bertz CT molecular complexity index is 1350. The molecule has 7 heteroatoms. The lowest BCUT2D eigenvalue weighted by Crippen LogP contribution is -2.37. The third-order valence-electron chi connectivity index (χ3n) is 5.39. The molecule has 4 aromatic carbocycles. The van der Waals surface area contributed by atoms with E-state index in [1.54, 1.807) is 60.7 Å². The van der Waals surface area contributed by atoms with E-state index in [0.717, 1.165) is 5.56 Å². The SMILES string of the molecule is O=C(NC(C(=O)Nc1ccc(Cl)cc1C(=O)c1ccccc1)c1ccccc1)OCc1ccccc1. The van der Waals surface area contributed by atoms with Crippen LogP contribution in [0.4, 0.5) is 10.5 Å². The van der Waals surface area contributed by atoms with E-state index in [1.807, 2.05) is 42.5 Å². The van der Waals surface area contributed by atoms with Crippen LogP contribution in [-0.2, 0) is 16.1 Å². The highest BCUT2D eigenvalue weighted by molar-refractivity contribution is 6.31. The summed E-state index contributed by atoms with van der Waals surface area (Å²) in [6.45, 7) is 0.0582. The van der Waals surface area contributed by atoms with Gasteiger partial charge < -0.3 is 15.4 Å². The summed E-state index contributed by atoms with van der Waals surface area (Å²) in [7, 11) is 0. The molecule has 0 saturated carbocycles. The number of halogens is 1. The van der Waals surface area contributed by atoms with Crippen molar-refractivity contribution >= 4 is 35.1 Å². The molecule has 0 spiro atoms. The Morgan fingerprint density at radius 2 is 1.39 bits per heavy atom. The van der Waals surface area contributed by atoms with Gasteiger partial charge in [0.25, 0.3) is 5.91 Å². The zero-order chi connectivity index (χ0) is 25.3. The molecule has 6 nitrogen and oxygen atoms in total. The van der Waals surface area contributed by atoms with Gasteiger partial charge in [-0.05, 0) is 29.3 Å². The maximum absolute atomic E-state index is 13.4. The lowest BCUT2D eigenvalue weighted by Gasteiger charge is -2.20. The fourth-order valence-electron chi connectivity index (χ4n) is 3.59. The Labute approximate surface area is 213 Å². The molecule has 0 aliphatic rings. The second kappa shape index (κ2) is 11.8. The van der Waals surface area contributed by atoms with Crippen molar-refractivity contribution in [3.8, 4) is 0 Å². The normalized spacial score (nSPS) is 11.2. The summed E-state index contributed by atoms with van der Waals surface area (Å²) < 4.78 is 5.31. The molecule has 0 aromatic heterocycles. The van der Waals surface area contributed by atoms with Crippen LogP contribution in [0.2, 0.25) is 5.02 Å². The van der Waals surface area contributed by atoms with E-state index < -0.39 is 18.0 Å². The molecular weight excluding hydrogens is 476 g/mol. The summed E-state index contributed by atoms with van der Waals surface area (Å²) in [5, 5.41) is 5.76. The number of hydrogen-bond acceptors (Lipinski definition) is 4. The zero-order valence-corrected chi connectivity index (χ0v) is 19.9. The van der Waals surface area contributed by atoms with Crippen molar-refractivity contribution in [1.29, 1.82) is 0 Å². The topological polar surface area (TPSA) is 84.5 Å².